The van der Waals surface area contributed by atoms with Gasteiger partial charge in [-0.1, -0.05) is 20.4 Å². The first kappa shape index (κ1) is 21.8. The molecule has 0 aromatic heterocycles. The maximum atomic E-state index is 11.8. The maximum Gasteiger partial charge on any atom is 0.330 e. The summed E-state index contributed by atoms with van der Waals surface area (Å²) < 4.78 is 31.7. The molecular formula is C19H30O8. The van der Waals surface area contributed by atoms with E-state index in [4.69, 9.17) is 28.4 Å². The van der Waals surface area contributed by atoms with Gasteiger partial charge in [0.1, 0.15) is 6.61 Å². The molecule has 0 bridgehead atoms. The SMILES string of the molecule is C=CC(=O)OCC1CC[C@H](COCOCOC(=O)C(C)CC2OC2CC)O1. The lowest BCUT2D eigenvalue weighted by molar-refractivity contribution is -0.175. The molecule has 2 aliphatic heterocycles. The van der Waals surface area contributed by atoms with Crippen molar-refractivity contribution in [3.8, 4) is 0 Å². The van der Waals surface area contributed by atoms with E-state index >= 15 is 0 Å². The zero-order valence-corrected chi connectivity index (χ0v) is 16.1. The van der Waals surface area contributed by atoms with Crippen LogP contribution in [-0.2, 0) is 38.0 Å². The summed E-state index contributed by atoms with van der Waals surface area (Å²) in [5.41, 5.74) is 0. The molecular weight excluding hydrogens is 356 g/mol. The predicted molar refractivity (Wildman–Crippen MR) is 94.6 cm³/mol. The van der Waals surface area contributed by atoms with Crippen LogP contribution >= 0.6 is 0 Å². The van der Waals surface area contributed by atoms with E-state index in [2.05, 4.69) is 13.5 Å². The number of epoxide rings is 1. The summed E-state index contributed by atoms with van der Waals surface area (Å²) in [6.07, 6.45) is 4.69. The van der Waals surface area contributed by atoms with E-state index < -0.39 is 5.97 Å². The topological polar surface area (TPSA) is 92.8 Å². The largest absolute Gasteiger partial charge is 0.460 e. The Balaban J connectivity index is 1.44. The van der Waals surface area contributed by atoms with E-state index in [-0.39, 0.29) is 56.5 Å². The van der Waals surface area contributed by atoms with Gasteiger partial charge in [-0.3, -0.25) is 4.79 Å². The Morgan fingerprint density at radius 1 is 1.07 bits per heavy atom. The van der Waals surface area contributed by atoms with Crippen LogP contribution in [0.2, 0.25) is 0 Å². The molecule has 0 saturated carbocycles. The van der Waals surface area contributed by atoms with Crippen molar-refractivity contribution in [3.05, 3.63) is 12.7 Å². The zero-order chi connectivity index (χ0) is 19.6. The standard InChI is InChI=1S/C19H30O8/c1-4-16-17(27-16)8-13(3)19(21)25-12-23-11-22-9-14-6-7-15(26-14)10-24-18(20)5-2/h5,13-17H,2,4,6-12H2,1,3H3/t13?,14-,15?,16?,17?/m1/s1. The zero-order valence-electron chi connectivity index (χ0n) is 16.1. The molecule has 0 radical (unpaired) electrons. The smallest absolute Gasteiger partial charge is 0.330 e. The normalized spacial score (nSPS) is 27.8. The number of hydrogen-bond donors (Lipinski definition) is 0. The van der Waals surface area contributed by atoms with Crippen molar-refractivity contribution in [1.29, 1.82) is 0 Å². The minimum Gasteiger partial charge on any atom is -0.460 e. The highest BCUT2D eigenvalue weighted by molar-refractivity contribution is 5.81. The third kappa shape index (κ3) is 7.96. The molecule has 8 heteroatoms. The number of ether oxygens (including phenoxy) is 6. The van der Waals surface area contributed by atoms with Crippen LogP contribution < -0.4 is 0 Å². The molecule has 2 rings (SSSR count). The van der Waals surface area contributed by atoms with Crippen LogP contribution in [0.4, 0.5) is 0 Å². The van der Waals surface area contributed by atoms with Crippen LogP contribution in [0.3, 0.4) is 0 Å². The Bertz CT molecular complexity index is 494. The maximum absolute atomic E-state index is 11.8. The number of hydrogen-bond acceptors (Lipinski definition) is 8. The van der Waals surface area contributed by atoms with Crippen molar-refractivity contribution in [2.24, 2.45) is 5.92 Å². The second-order valence-corrected chi connectivity index (χ2v) is 6.82. The molecule has 0 N–H and O–H groups in total. The average molecular weight is 386 g/mol. The Kier molecular flexibility index (Phi) is 9.20. The van der Waals surface area contributed by atoms with Crippen molar-refractivity contribution < 1.29 is 38.0 Å². The third-order valence-electron chi connectivity index (χ3n) is 4.61. The average Bonchev–Trinajstić information content (AvgIpc) is 3.27. The third-order valence-corrected chi connectivity index (χ3v) is 4.61. The lowest BCUT2D eigenvalue weighted by atomic mass is 10.0. The van der Waals surface area contributed by atoms with E-state index in [9.17, 15) is 9.59 Å². The van der Waals surface area contributed by atoms with E-state index in [1.807, 2.05) is 6.92 Å². The number of esters is 2. The molecule has 0 aliphatic carbocycles. The monoisotopic (exact) mass is 386 g/mol. The molecule has 0 aromatic carbocycles. The number of carbonyl (C=O) groups is 2. The van der Waals surface area contributed by atoms with Gasteiger partial charge in [0.25, 0.3) is 0 Å². The molecule has 0 spiro atoms. The molecule has 154 valence electrons. The quantitative estimate of drug-likeness (QED) is 0.156. The predicted octanol–water partition coefficient (Wildman–Crippen LogP) is 1.96. The molecule has 2 heterocycles. The highest BCUT2D eigenvalue weighted by Crippen LogP contribution is 2.31. The minimum absolute atomic E-state index is 0.0152. The van der Waals surface area contributed by atoms with E-state index in [1.54, 1.807) is 0 Å². The first-order valence-electron chi connectivity index (χ1n) is 9.45. The summed E-state index contributed by atoms with van der Waals surface area (Å²) in [5.74, 6) is -0.961. The fraction of sp³-hybridized carbons (Fsp3) is 0.789. The van der Waals surface area contributed by atoms with Gasteiger partial charge in [0, 0.05) is 6.08 Å². The lowest BCUT2D eigenvalue weighted by Crippen LogP contribution is -2.22. The van der Waals surface area contributed by atoms with Gasteiger partial charge in [-0.2, -0.15) is 0 Å². The van der Waals surface area contributed by atoms with Gasteiger partial charge in [0.2, 0.25) is 0 Å². The van der Waals surface area contributed by atoms with Crippen molar-refractivity contribution >= 4 is 11.9 Å². The van der Waals surface area contributed by atoms with Gasteiger partial charge in [-0.15, -0.1) is 0 Å². The Labute approximate surface area is 160 Å². The fourth-order valence-corrected chi connectivity index (χ4v) is 2.96. The van der Waals surface area contributed by atoms with Crippen molar-refractivity contribution in [3.63, 3.8) is 0 Å². The van der Waals surface area contributed by atoms with Crippen LogP contribution in [0.1, 0.15) is 39.5 Å². The van der Waals surface area contributed by atoms with E-state index in [0.29, 0.717) is 13.0 Å². The summed E-state index contributed by atoms with van der Waals surface area (Å²) in [6, 6.07) is 0. The van der Waals surface area contributed by atoms with Crippen LogP contribution in [0, 0.1) is 5.92 Å². The van der Waals surface area contributed by atoms with Crippen molar-refractivity contribution in [2.45, 2.75) is 63.9 Å². The minimum atomic E-state index is -0.453. The van der Waals surface area contributed by atoms with Crippen LogP contribution in [0.15, 0.2) is 12.7 Å². The first-order valence-corrected chi connectivity index (χ1v) is 9.45. The van der Waals surface area contributed by atoms with E-state index in [1.165, 1.54) is 0 Å². The van der Waals surface area contributed by atoms with Gasteiger partial charge in [0.05, 0.1) is 36.9 Å². The highest BCUT2D eigenvalue weighted by Gasteiger charge is 2.39. The first-order chi connectivity index (χ1) is 13.0. The molecule has 2 saturated heterocycles. The van der Waals surface area contributed by atoms with Crippen LogP contribution in [-0.4, -0.2) is 63.2 Å². The van der Waals surface area contributed by atoms with Gasteiger partial charge in [-0.25, -0.2) is 4.79 Å². The highest BCUT2D eigenvalue weighted by atomic mass is 16.7. The summed E-state index contributed by atoms with van der Waals surface area (Å²) in [5, 5.41) is 0. The number of carbonyl (C=O) groups excluding carboxylic acids is 2. The Morgan fingerprint density at radius 3 is 2.48 bits per heavy atom. The molecule has 5 atom stereocenters. The molecule has 2 fully saturated rings. The van der Waals surface area contributed by atoms with Gasteiger partial charge < -0.3 is 28.4 Å². The lowest BCUT2D eigenvalue weighted by Gasteiger charge is -2.14. The van der Waals surface area contributed by atoms with Gasteiger partial charge in [-0.05, 0) is 25.7 Å². The summed E-state index contributed by atoms with van der Waals surface area (Å²) in [7, 11) is 0. The molecule has 4 unspecified atom stereocenters. The van der Waals surface area contributed by atoms with Crippen molar-refractivity contribution in [1.82, 2.24) is 0 Å². The molecule has 0 aromatic rings. The molecule has 0 amide bonds. The molecule has 27 heavy (non-hydrogen) atoms. The van der Waals surface area contributed by atoms with Crippen LogP contribution in [0.25, 0.3) is 0 Å². The molecule has 2 aliphatic rings. The second kappa shape index (κ2) is 11.4. The van der Waals surface area contributed by atoms with E-state index in [0.717, 1.165) is 25.3 Å². The fourth-order valence-electron chi connectivity index (χ4n) is 2.96. The molecule has 8 nitrogen and oxygen atoms in total. The Morgan fingerprint density at radius 2 is 1.81 bits per heavy atom. The Hall–Kier alpha value is -1.48. The second-order valence-electron chi connectivity index (χ2n) is 6.82. The summed E-state index contributed by atoms with van der Waals surface area (Å²) in [4.78, 5) is 22.9. The number of rotatable bonds is 13. The van der Waals surface area contributed by atoms with Crippen LogP contribution in [0.5, 0.6) is 0 Å². The van der Waals surface area contributed by atoms with Gasteiger partial charge in [0.15, 0.2) is 13.6 Å². The van der Waals surface area contributed by atoms with Crippen molar-refractivity contribution in [2.75, 3.05) is 26.8 Å². The summed E-state index contributed by atoms with van der Waals surface area (Å²) >= 11 is 0. The van der Waals surface area contributed by atoms with Gasteiger partial charge >= 0.3 is 11.9 Å². The summed E-state index contributed by atoms with van der Waals surface area (Å²) in [6.45, 7) is 7.70.